The van der Waals surface area contributed by atoms with Crippen LogP contribution in [0.3, 0.4) is 0 Å². The molecule has 2 N–H and O–H groups in total. The van der Waals surface area contributed by atoms with Gasteiger partial charge in [0.1, 0.15) is 0 Å². The summed E-state index contributed by atoms with van der Waals surface area (Å²) in [5.41, 5.74) is 1.70. The van der Waals surface area contributed by atoms with E-state index in [-0.39, 0.29) is 16.8 Å². The van der Waals surface area contributed by atoms with Gasteiger partial charge in [-0.25, -0.2) is 17.8 Å². The largest absolute Gasteiger partial charge is 0.322 e. The van der Waals surface area contributed by atoms with E-state index >= 15 is 0 Å². The molecule has 144 valence electrons. The van der Waals surface area contributed by atoms with Crippen molar-refractivity contribution in [2.45, 2.75) is 23.8 Å². The van der Waals surface area contributed by atoms with Crippen LogP contribution >= 0.6 is 15.9 Å². The maximum absolute atomic E-state index is 12.5. The second-order valence-corrected chi connectivity index (χ2v) is 9.16. The van der Waals surface area contributed by atoms with Crippen molar-refractivity contribution < 1.29 is 13.2 Å². The molecule has 0 spiro atoms. The van der Waals surface area contributed by atoms with E-state index in [1.165, 1.54) is 12.1 Å². The highest BCUT2D eigenvalue weighted by Crippen LogP contribution is 2.23. The quantitative estimate of drug-likeness (QED) is 0.589. The minimum absolute atomic E-state index is 0.0252. The van der Waals surface area contributed by atoms with Gasteiger partial charge >= 0.3 is 0 Å². The molecule has 1 aromatic heterocycles. The molecule has 0 atom stereocenters. The van der Waals surface area contributed by atoms with E-state index in [9.17, 15) is 13.2 Å². The summed E-state index contributed by atoms with van der Waals surface area (Å²) in [6.45, 7) is 0. The second-order valence-electron chi connectivity index (χ2n) is 6.53. The van der Waals surface area contributed by atoms with E-state index in [4.69, 9.17) is 0 Å². The zero-order valence-electron chi connectivity index (χ0n) is 14.7. The minimum Gasteiger partial charge on any atom is -0.322 e. The predicted molar refractivity (Wildman–Crippen MR) is 109 cm³/mol. The maximum atomic E-state index is 12.5. The van der Waals surface area contributed by atoms with Gasteiger partial charge in [-0.1, -0.05) is 6.07 Å². The Morgan fingerprint density at radius 1 is 1.14 bits per heavy atom. The molecule has 0 saturated heterocycles. The fourth-order valence-electron chi connectivity index (χ4n) is 2.64. The van der Waals surface area contributed by atoms with Crippen molar-refractivity contribution in [3.8, 4) is 5.69 Å². The molecular weight excluding hydrogens is 444 g/mol. The van der Waals surface area contributed by atoms with Gasteiger partial charge in [0.25, 0.3) is 5.91 Å². The van der Waals surface area contributed by atoms with Gasteiger partial charge in [0.05, 0.1) is 21.3 Å². The van der Waals surface area contributed by atoms with Crippen molar-refractivity contribution in [3.05, 3.63) is 71.0 Å². The van der Waals surface area contributed by atoms with E-state index in [0.29, 0.717) is 11.3 Å². The summed E-state index contributed by atoms with van der Waals surface area (Å²) < 4.78 is 29.8. The molecule has 0 bridgehead atoms. The molecule has 1 heterocycles. The Hall–Kier alpha value is -2.49. The number of halogens is 1. The topological polar surface area (TPSA) is 93.1 Å². The molecule has 2 aromatic carbocycles. The molecule has 0 radical (unpaired) electrons. The number of aromatic nitrogens is 2. The van der Waals surface area contributed by atoms with Crippen molar-refractivity contribution in [1.82, 2.24) is 14.5 Å². The number of hydrogen-bond donors (Lipinski definition) is 2. The Kier molecular flexibility index (Phi) is 5.05. The minimum atomic E-state index is -3.57. The first-order valence-electron chi connectivity index (χ1n) is 8.65. The van der Waals surface area contributed by atoms with Crippen LogP contribution in [0.25, 0.3) is 5.69 Å². The van der Waals surface area contributed by atoms with E-state index in [1.54, 1.807) is 47.3 Å². The molecular formula is C19H17BrN4O3S. The Morgan fingerprint density at radius 3 is 2.54 bits per heavy atom. The predicted octanol–water partition coefficient (Wildman–Crippen LogP) is 3.33. The van der Waals surface area contributed by atoms with E-state index in [0.717, 1.165) is 23.0 Å². The van der Waals surface area contributed by atoms with Crippen molar-refractivity contribution >= 4 is 37.5 Å². The number of nitrogens with one attached hydrogen (secondary N) is 2. The van der Waals surface area contributed by atoms with Crippen LogP contribution in [0.5, 0.6) is 0 Å². The highest BCUT2D eigenvalue weighted by Gasteiger charge is 2.28. The number of hydrogen-bond acceptors (Lipinski definition) is 4. The number of rotatable bonds is 6. The molecule has 4 rings (SSSR count). The van der Waals surface area contributed by atoms with E-state index < -0.39 is 10.0 Å². The summed E-state index contributed by atoms with van der Waals surface area (Å²) in [5, 5.41) is 6.93. The fourth-order valence-corrected chi connectivity index (χ4v) is 4.28. The van der Waals surface area contributed by atoms with Crippen molar-refractivity contribution in [2.24, 2.45) is 0 Å². The van der Waals surface area contributed by atoms with Gasteiger partial charge in [0.2, 0.25) is 10.0 Å². The normalized spacial score (nSPS) is 14.0. The molecule has 0 unspecified atom stereocenters. The van der Waals surface area contributed by atoms with Crippen molar-refractivity contribution in [2.75, 3.05) is 5.32 Å². The highest BCUT2D eigenvalue weighted by molar-refractivity contribution is 9.10. The summed E-state index contributed by atoms with van der Waals surface area (Å²) in [6, 6.07) is 13.2. The first-order valence-corrected chi connectivity index (χ1v) is 10.9. The number of sulfonamides is 1. The third-order valence-electron chi connectivity index (χ3n) is 4.25. The summed E-state index contributed by atoms with van der Waals surface area (Å²) in [7, 11) is -3.57. The van der Waals surface area contributed by atoms with Crippen LogP contribution in [-0.2, 0) is 10.0 Å². The monoisotopic (exact) mass is 460 g/mol. The standard InChI is InChI=1S/C19H17BrN4O3S/c20-14-11-21-24(12-14)17-8-4-13(5-9-17)19(25)22-16-2-1-3-18(10-16)28(26,27)23-15-6-7-15/h1-5,8-12,15,23H,6-7H2,(H,22,25). The Bertz CT molecular complexity index is 1120. The van der Waals surface area contributed by atoms with Crippen molar-refractivity contribution in [3.63, 3.8) is 0 Å². The maximum Gasteiger partial charge on any atom is 0.255 e. The van der Waals surface area contributed by atoms with Crippen molar-refractivity contribution in [1.29, 1.82) is 0 Å². The average molecular weight is 461 g/mol. The molecule has 9 heteroatoms. The molecule has 1 aliphatic rings. The number of anilines is 1. The van der Waals surface area contributed by atoms with Gasteiger partial charge in [0, 0.05) is 23.5 Å². The van der Waals surface area contributed by atoms with Crippen LogP contribution in [-0.4, -0.2) is 30.1 Å². The molecule has 3 aromatic rings. The number of amides is 1. The third-order valence-corrected chi connectivity index (χ3v) is 6.17. The van der Waals surface area contributed by atoms with Gasteiger partial charge in [-0.2, -0.15) is 5.10 Å². The van der Waals surface area contributed by atoms with E-state index in [1.807, 2.05) is 6.20 Å². The molecule has 0 aliphatic heterocycles. The first-order chi connectivity index (χ1) is 13.4. The lowest BCUT2D eigenvalue weighted by Gasteiger charge is -2.09. The summed E-state index contributed by atoms with van der Waals surface area (Å²) in [4.78, 5) is 12.6. The second kappa shape index (κ2) is 7.50. The number of nitrogens with zero attached hydrogens (tertiary/aromatic N) is 2. The van der Waals surface area contributed by atoms with Crippen LogP contribution in [0, 0.1) is 0 Å². The Morgan fingerprint density at radius 2 is 1.89 bits per heavy atom. The molecule has 28 heavy (non-hydrogen) atoms. The Labute approximate surface area is 170 Å². The lowest BCUT2D eigenvalue weighted by Crippen LogP contribution is -2.25. The van der Waals surface area contributed by atoms with Gasteiger partial charge in [-0.15, -0.1) is 0 Å². The zero-order chi connectivity index (χ0) is 19.7. The van der Waals surface area contributed by atoms with Crippen LogP contribution in [0.4, 0.5) is 5.69 Å². The zero-order valence-corrected chi connectivity index (χ0v) is 17.1. The lowest BCUT2D eigenvalue weighted by molar-refractivity contribution is 0.102. The highest BCUT2D eigenvalue weighted by atomic mass is 79.9. The molecule has 1 amide bonds. The summed E-state index contributed by atoms with van der Waals surface area (Å²) in [5.74, 6) is -0.321. The number of carbonyl (C=O) groups is 1. The number of benzene rings is 2. The fraction of sp³-hybridized carbons (Fsp3) is 0.158. The number of carbonyl (C=O) groups excluding carboxylic acids is 1. The van der Waals surface area contributed by atoms with Gasteiger partial charge < -0.3 is 5.32 Å². The Balaban J connectivity index is 1.48. The van der Waals surface area contributed by atoms with Crippen LogP contribution < -0.4 is 10.0 Å². The van der Waals surface area contributed by atoms with Crippen LogP contribution in [0.2, 0.25) is 0 Å². The van der Waals surface area contributed by atoms with Crippen LogP contribution in [0.15, 0.2) is 70.3 Å². The third kappa shape index (κ3) is 4.32. The summed E-state index contributed by atoms with van der Waals surface area (Å²) >= 11 is 3.35. The van der Waals surface area contributed by atoms with Gasteiger partial charge in [-0.3, -0.25) is 4.79 Å². The smallest absolute Gasteiger partial charge is 0.255 e. The van der Waals surface area contributed by atoms with Crippen LogP contribution in [0.1, 0.15) is 23.2 Å². The first kappa shape index (κ1) is 18.9. The molecule has 1 saturated carbocycles. The lowest BCUT2D eigenvalue weighted by atomic mass is 10.2. The van der Waals surface area contributed by atoms with Gasteiger partial charge in [0.15, 0.2) is 0 Å². The van der Waals surface area contributed by atoms with Gasteiger partial charge in [-0.05, 0) is 71.2 Å². The molecule has 7 nitrogen and oxygen atoms in total. The van der Waals surface area contributed by atoms with E-state index in [2.05, 4.69) is 31.1 Å². The SMILES string of the molecule is O=C(Nc1cccc(S(=O)(=O)NC2CC2)c1)c1ccc(-n2cc(Br)cn2)cc1. The average Bonchev–Trinajstić information content (AvgIpc) is 3.38. The molecule has 1 fully saturated rings. The summed E-state index contributed by atoms with van der Waals surface area (Å²) in [6.07, 6.45) is 5.22. The molecule has 1 aliphatic carbocycles.